The number of nitrogens with zero attached hydrogens (tertiary/aromatic N) is 4. The maximum absolute atomic E-state index is 12.4. The molecule has 0 fully saturated rings. The van der Waals surface area contributed by atoms with E-state index in [1.54, 1.807) is 12.1 Å². The summed E-state index contributed by atoms with van der Waals surface area (Å²) in [5, 5.41) is 8.95. The minimum absolute atomic E-state index is 0.0955. The van der Waals surface area contributed by atoms with E-state index in [-0.39, 0.29) is 18.6 Å². The summed E-state index contributed by atoms with van der Waals surface area (Å²) in [6.07, 6.45) is 0.926. The van der Waals surface area contributed by atoms with Gasteiger partial charge in [0.1, 0.15) is 18.4 Å². The summed E-state index contributed by atoms with van der Waals surface area (Å²) in [6.45, 7) is 5.38. The van der Waals surface area contributed by atoms with Gasteiger partial charge in [-0.2, -0.15) is 0 Å². The number of halogens is 1. The first-order valence-corrected chi connectivity index (χ1v) is 8.08. The van der Waals surface area contributed by atoms with E-state index in [4.69, 9.17) is 16.3 Å². The number of rotatable bonds is 5. The van der Waals surface area contributed by atoms with Gasteiger partial charge in [0.2, 0.25) is 5.91 Å². The van der Waals surface area contributed by atoms with Gasteiger partial charge in [0.15, 0.2) is 11.6 Å². The Bertz CT molecular complexity index is 716. The van der Waals surface area contributed by atoms with Crippen LogP contribution in [-0.2, 0) is 17.9 Å². The molecule has 122 valence electrons. The first kappa shape index (κ1) is 15.8. The van der Waals surface area contributed by atoms with E-state index in [1.165, 1.54) is 0 Å². The van der Waals surface area contributed by atoms with Crippen LogP contribution in [0.3, 0.4) is 0 Å². The normalized spacial score (nSPS) is 17.3. The second kappa shape index (κ2) is 6.58. The van der Waals surface area contributed by atoms with Crippen molar-refractivity contribution in [1.29, 1.82) is 0 Å². The first-order chi connectivity index (χ1) is 11.1. The summed E-state index contributed by atoms with van der Waals surface area (Å²) in [5.41, 5.74) is 0. The lowest BCUT2D eigenvalue weighted by atomic mass is 10.2. The molecular weight excluding hydrogens is 316 g/mol. The van der Waals surface area contributed by atoms with E-state index in [0.29, 0.717) is 23.1 Å². The zero-order valence-corrected chi connectivity index (χ0v) is 14.0. The molecule has 0 unspecified atom stereocenters. The SMILES string of the molecule is CCCN1Cc2nnc(COc3ccccc3Cl)n2[C@@H](C)C1=O. The smallest absolute Gasteiger partial charge is 0.245 e. The number of para-hydroxylation sites is 1. The van der Waals surface area contributed by atoms with Crippen molar-refractivity contribution in [3.63, 3.8) is 0 Å². The molecule has 2 heterocycles. The van der Waals surface area contributed by atoms with Crippen molar-refractivity contribution in [3.05, 3.63) is 40.9 Å². The fraction of sp³-hybridized carbons (Fsp3) is 0.438. The van der Waals surface area contributed by atoms with Crippen LogP contribution in [0.4, 0.5) is 0 Å². The maximum atomic E-state index is 12.4. The fourth-order valence-electron chi connectivity index (χ4n) is 2.80. The quantitative estimate of drug-likeness (QED) is 0.843. The van der Waals surface area contributed by atoms with Crippen molar-refractivity contribution in [3.8, 4) is 5.75 Å². The highest BCUT2D eigenvalue weighted by Gasteiger charge is 2.32. The van der Waals surface area contributed by atoms with Gasteiger partial charge in [0.25, 0.3) is 0 Å². The molecular formula is C16H19ClN4O2. The molecule has 6 nitrogen and oxygen atoms in total. The largest absolute Gasteiger partial charge is 0.484 e. The molecule has 1 aliphatic rings. The third-order valence-corrected chi connectivity index (χ3v) is 4.22. The predicted octanol–water partition coefficient (Wildman–Crippen LogP) is 2.82. The van der Waals surface area contributed by atoms with Crippen LogP contribution in [0.5, 0.6) is 5.75 Å². The van der Waals surface area contributed by atoms with Crippen molar-refractivity contribution in [1.82, 2.24) is 19.7 Å². The number of ether oxygens (including phenoxy) is 1. The molecule has 0 aliphatic carbocycles. The molecule has 1 atom stereocenters. The molecule has 1 aromatic carbocycles. The highest BCUT2D eigenvalue weighted by molar-refractivity contribution is 6.32. The topological polar surface area (TPSA) is 60.2 Å². The number of fused-ring (bicyclic) bond motifs is 1. The monoisotopic (exact) mass is 334 g/mol. The Morgan fingerprint density at radius 2 is 2.13 bits per heavy atom. The van der Waals surface area contributed by atoms with Crippen molar-refractivity contribution in [2.24, 2.45) is 0 Å². The molecule has 1 aromatic heterocycles. The van der Waals surface area contributed by atoms with Gasteiger partial charge in [-0.1, -0.05) is 30.7 Å². The number of hydrogen-bond acceptors (Lipinski definition) is 4. The third-order valence-electron chi connectivity index (χ3n) is 3.91. The van der Waals surface area contributed by atoms with Crippen LogP contribution in [0.1, 0.15) is 38.0 Å². The predicted molar refractivity (Wildman–Crippen MR) is 86.2 cm³/mol. The zero-order chi connectivity index (χ0) is 16.4. The molecule has 1 amide bonds. The van der Waals surface area contributed by atoms with Crippen LogP contribution in [0.2, 0.25) is 5.02 Å². The van der Waals surface area contributed by atoms with Gasteiger partial charge < -0.3 is 9.64 Å². The Hall–Kier alpha value is -2.08. The number of carbonyl (C=O) groups excluding carboxylic acids is 1. The highest BCUT2D eigenvalue weighted by Crippen LogP contribution is 2.26. The van der Waals surface area contributed by atoms with E-state index in [1.807, 2.05) is 28.5 Å². The molecule has 3 rings (SSSR count). The summed E-state index contributed by atoms with van der Waals surface area (Å²) >= 11 is 6.08. The number of aromatic nitrogens is 3. The standard InChI is InChI=1S/C16H19ClN4O2/c1-3-8-20-9-14-18-19-15(21(14)11(2)16(20)22)10-23-13-7-5-4-6-12(13)17/h4-7,11H,3,8-10H2,1-2H3/t11-/m0/s1. The van der Waals surface area contributed by atoms with E-state index in [0.717, 1.165) is 18.8 Å². The van der Waals surface area contributed by atoms with Crippen molar-refractivity contribution >= 4 is 17.5 Å². The Morgan fingerprint density at radius 3 is 2.87 bits per heavy atom. The van der Waals surface area contributed by atoms with Crippen LogP contribution in [-0.4, -0.2) is 32.1 Å². The molecule has 0 spiro atoms. The average molecular weight is 335 g/mol. The van der Waals surface area contributed by atoms with Crippen molar-refractivity contribution in [2.45, 2.75) is 39.5 Å². The zero-order valence-electron chi connectivity index (χ0n) is 13.2. The van der Waals surface area contributed by atoms with Crippen LogP contribution in [0.15, 0.2) is 24.3 Å². The number of benzene rings is 1. The van der Waals surface area contributed by atoms with Gasteiger partial charge in [-0.05, 0) is 25.5 Å². The fourth-order valence-corrected chi connectivity index (χ4v) is 2.99. The molecule has 0 N–H and O–H groups in total. The number of amides is 1. The van der Waals surface area contributed by atoms with Crippen LogP contribution in [0.25, 0.3) is 0 Å². The molecule has 0 radical (unpaired) electrons. The Labute approximate surface area is 140 Å². The van der Waals surface area contributed by atoms with Gasteiger partial charge in [-0.15, -0.1) is 10.2 Å². The van der Waals surface area contributed by atoms with E-state index in [2.05, 4.69) is 17.1 Å². The molecule has 0 saturated carbocycles. The van der Waals surface area contributed by atoms with Gasteiger partial charge in [0.05, 0.1) is 11.6 Å². The first-order valence-electron chi connectivity index (χ1n) is 7.70. The molecule has 7 heteroatoms. The molecule has 2 aromatic rings. The number of carbonyl (C=O) groups is 1. The van der Waals surface area contributed by atoms with Crippen molar-refractivity contribution < 1.29 is 9.53 Å². The third kappa shape index (κ3) is 3.03. The van der Waals surface area contributed by atoms with Crippen LogP contribution in [0, 0.1) is 0 Å². The van der Waals surface area contributed by atoms with E-state index >= 15 is 0 Å². The lowest BCUT2D eigenvalue weighted by Crippen LogP contribution is -2.42. The minimum atomic E-state index is -0.315. The number of hydrogen-bond donors (Lipinski definition) is 0. The van der Waals surface area contributed by atoms with Crippen LogP contribution >= 0.6 is 11.6 Å². The summed E-state index contributed by atoms with van der Waals surface area (Å²) in [5.74, 6) is 2.12. The molecule has 0 bridgehead atoms. The average Bonchev–Trinajstić information content (AvgIpc) is 2.95. The lowest BCUT2D eigenvalue weighted by Gasteiger charge is -2.31. The van der Waals surface area contributed by atoms with E-state index < -0.39 is 0 Å². The Kier molecular flexibility index (Phi) is 4.52. The second-order valence-corrected chi connectivity index (χ2v) is 5.96. The molecule has 23 heavy (non-hydrogen) atoms. The Balaban J connectivity index is 1.79. The van der Waals surface area contributed by atoms with Crippen molar-refractivity contribution in [2.75, 3.05) is 6.54 Å². The van der Waals surface area contributed by atoms with Gasteiger partial charge in [0, 0.05) is 6.54 Å². The molecule has 0 saturated heterocycles. The Morgan fingerprint density at radius 1 is 1.35 bits per heavy atom. The van der Waals surface area contributed by atoms with Gasteiger partial charge >= 0.3 is 0 Å². The van der Waals surface area contributed by atoms with Gasteiger partial charge in [-0.3, -0.25) is 9.36 Å². The highest BCUT2D eigenvalue weighted by atomic mass is 35.5. The summed E-state index contributed by atoms with van der Waals surface area (Å²) < 4.78 is 7.59. The lowest BCUT2D eigenvalue weighted by molar-refractivity contribution is -0.137. The van der Waals surface area contributed by atoms with E-state index in [9.17, 15) is 4.79 Å². The maximum Gasteiger partial charge on any atom is 0.245 e. The van der Waals surface area contributed by atoms with Crippen LogP contribution < -0.4 is 4.74 Å². The summed E-state index contributed by atoms with van der Waals surface area (Å²) in [4.78, 5) is 14.3. The minimum Gasteiger partial charge on any atom is -0.484 e. The molecule has 1 aliphatic heterocycles. The van der Waals surface area contributed by atoms with Gasteiger partial charge in [-0.25, -0.2) is 0 Å². The summed E-state index contributed by atoms with van der Waals surface area (Å²) in [6, 6.07) is 6.95. The second-order valence-electron chi connectivity index (χ2n) is 5.56. The summed E-state index contributed by atoms with van der Waals surface area (Å²) in [7, 11) is 0.